The van der Waals surface area contributed by atoms with Gasteiger partial charge in [0.1, 0.15) is 0 Å². The molecule has 3 nitrogen and oxygen atoms in total. The van der Waals surface area contributed by atoms with Crippen molar-refractivity contribution in [1.82, 2.24) is 9.97 Å². The Bertz CT molecular complexity index is 596. The van der Waals surface area contributed by atoms with Crippen LogP contribution in [0.5, 0.6) is 0 Å². The molecule has 0 radical (unpaired) electrons. The number of halogens is 1. The summed E-state index contributed by atoms with van der Waals surface area (Å²) in [5, 5.41) is 0.653. The van der Waals surface area contributed by atoms with E-state index in [4.69, 9.17) is 17.3 Å². The van der Waals surface area contributed by atoms with Crippen molar-refractivity contribution in [2.75, 3.05) is 5.73 Å². The Morgan fingerprint density at radius 1 is 1.17 bits per heavy atom. The van der Waals surface area contributed by atoms with Gasteiger partial charge in [0.25, 0.3) is 0 Å². The van der Waals surface area contributed by atoms with Gasteiger partial charge in [0.2, 0.25) is 0 Å². The molecule has 92 valence electrons. The maximum atomic E-state index is 6.00. The quantitative estimate of drug-likeness (QED) is 0.800. The summed E-state index contributed by atoms with van der Waals surface area (Å²) in [7, 11) is 0. The predicted octanol–water partition coefficient (Wildman–Crippen LogP) is 3.26. The van der Waals surface area contributed by atoms with E-state index in [1.54, 1.807) is 12.1 Å². The molecule has 0 unspecified atom stereocenters. The molecular weight excluding hydrogens is 246 g/mol. The van der Waals surface area contributed by atoms with Gasteiger partial charge in [-0.25, -0.2) is 9.97 Å². The summed E-state index contributed by atoms with van der Waals surface area (Å²) < 4.78 is 0. The third-order valence-electron chi connectivity index (χ3n) is 3.32. The molecule has 1 aromatic heterocycles. The fourth-order valence-electron chi connectivity index (χ4n) is 2.33. The molecule has 0 atom stereocenters. The van der Waals surface area contributed by atoms with Gasteiger partial charge in [0.05, 0.1) is 0 Å². The van der Waals surface area contributed by atoms with Crippen LogP contribution in [0.4, 0.5) is 5.69 Å². The molecule has 0 bridgehead atoms. The first-order chi connectivity index (χ1) is 8.74. The van der Waals surface area contributed by atoms with Gasteiger partial charge >= 0.3 is 0 Å². The molecule has 4 heteroatoms. The third kappa shape index (κ3) is 2.06. The number of hydrogen-bond donors (Lipinski definition) is 1. The van der Waals surface area contributed by atoms with Crippen LogP contribution in [0.3, 0.4) is 0 Å². The van der Waals surface area contributed by atoms with Gasteiger partial charge in [0, 0.05) is 28.2 Å². The number of nitrogens with zero attached hydrogens (tertiary/aromatic N) is 2. The molecule has 0 amide bonds. The van der Waals surface area contributed by atoms with Crippen LogP contribution in [0.25, 0.3) is 11.4 Å². The van der Waals surface area contributed by atoms with Gasteiger partial charge in [-0.2, -0.15) is 0 Å². The Morgan fingerprint density at radius 2 is 2.00 bits per heavy atom. The van der Waals surface area contributed by atoms with Crippen LogP contribution in [-0.2, 0) is 12.8 Å². The van der Waals surface area contributed by atoms with Crippen molar-refractivity contribution in [3.05, 3.63) is 40.7 Å². The van der Waals surface area contributed by atoms with E-state index in [1.165, 1.54) is 18.4 Å². The molecule has 0 saturated carbocycles. The molecule has 0 aliphatic heterocycles. The van der Waals surface area contributed by atoms with E-state index >= 15 is 0 Å². The Morgan fingerprint density at radius 3 is 2.89 bits per heavy atom. The average molecular weight is 260 g/mol. The standard InChI is InChI=1S/C14H14ClN3/c15-10-5-6-12(16)11(7-10)14-17-8-9-3-1-2-4-13(9)18-14/h5-8H,1-4,16H2. The van der Waals surface area contributed by atoms with E-state index in [1.807, 2.05) is 12.3 Å². The van der Waals surface area contributed by atoms with Crippen molar-refractivity contribution in [2.24, 2.45) is 0 Å². The number of fused-ring (bicyclic) bond motifs is 1. The minimum atomic E-state index is 0.653. The summed E-state index contributed by atoms with van der Waals surface area (Å²) in [6, 6.07) is 5.39. The first-order valence-electron chi connectivity index (χ1n) is 6.14. The second kappa shape index (κ2) is 4.58. The molecule has 2 N–H and O–H groups in total. The van der Waals surface area contributed by atoms with Gasteiger partial charge in [-0.1, -0.05) is 11.6 Å². The summed E-state index contributed by atoms with van der Waals surface area (Å²) in [6.07, 6.45) is 6.48. The van der Waals surface area contributed by atoms with E-state index in [2.05, 4.69) is 9.97 Å². The Hall–Kier alpha value is -1.61. The van der Waals surface area contributed by atoms with Crippen molar-refractivity contribution in [1.29, 1.82) is 0 Å². The fourth-order valence-corrected chi connectivity index (χ4v) is 2.50. The third-order valence-corrected chi connectivity index (χ3v) is 3.56. The van der Waals surface area contributed by atoms with Crippen molar-refractivity contribution in [2.45, 2.75) is 25.7 Å². The highest BCUT2D eigenvalue weighted by Gasteiger charge is 2.14. The molecule has 1 aromatic carbocycles. The number of aromatic nitrogens is 2. The van der Waals surface area contributed by atoms with E-state index < -0.39 is 0 Å². The highest BCUT2D eigenvalue weighted by atomic mass is 35.5. The largest absolute Gasteiger partial charge is 0.398 e. The summed E-state index contributed by atoms with van der Waals surface area (Å²) in [5.41, 5.74) is 9.86. The van der Waals surface area contributed by atoms with Gasteiger partial charge in [-0.3, -0.25) is 0 Å². The summed E-state index contributed by atoms with van der Waals surface area (Å²) >= 11 is 6.00. The Labute approximate surface area is 111 Å². The van der Waals surface area contributed by atoms with E-state index in [0.717, 1.165) is 24.1 Å². The zero-order chi connectivity index (χ0) is 12.5. The van der Waals surface area contributed by atoms with Crippen LogP contribution >= 0.6 is 11.6 Å². The second-order valence-corrected chi connectivity index (χ2v) is 5.04. The fraction of sp³-hybridized carbons (Fsp3) is 0.286. The van der Waals surface area contributed by atoms with Gasteiger partial charge in [-0.15, -0.1) is 0 Å². The van der Waals surface area contributed by atoms with Crippen LogP contribution in [0.1, 0.15) is 24.1 Å². The van der Waals surface area contributed by atoms with Crippen molar-refractivity contribution in [3.8, 4) is 11.4 Å². The van der Waals surface area contributed by atoms with Gasteiger partial charge in [0.15, 0.2) is 5.82 Å². The monoisotopic (exact) mass is 259 g/mol. The molecule has 1 aliphatic rings. The first-order valence-corrected chi connectivity index (χ1v) is 6.52. The van der Waals surface area contributed by atoms with Gasteiger partial charge < -0.3 is 5.73 Å². The van der Waals surface area contributed by atoms with E-state index in [0.29, 0.717) is 16.5 Å². The number of hydrogen-bond acceptors (Lipinski definition) is 3. The maximum absolute atomic E-state index is 6.00. The molecule has 1 heterocycles. The molecule has 0 fully saturated rings. The predicted molar refractivity (Wildman–Crippen MR) is 73.5 cm³/mol. The number of aryl methyl sites for hydroxylation is 2. The molecule has 0 saturated heterocycles. The lowest BCUT2D eigenvalue weighted by Gasteiger charge is -2.15. The molecule has 0 spiro atoms. The number of benzene rings is 1. The van der Waals surface area contributed by atoms with Crippen molar-refractivity contribution in [3.63, 3.8) is 0 Å². The van der Waals surface area contributed by atoms with Crippen LogP contribution < -0.4 is 5.73 Å². The lowest BCUT2D eigenvalue weighted by atomic mass is 9.97. The van der Waals surface area contributed by atoms with Crippen LogP contribution in [-0.4, -0.2) is 9.97 Å². The molecule has 2 aromatic rings. The van der Waals surface area contributed by atoms with Crippen LogP contribution in [0.2, 0.25) is 5.02 Å². The van der Waals surface area contributed by atoms with E-state index in [9.17, 15) is 0 Å². The summed E-state index contributed by atoms with van der Waals surface area (Å²) in [6.45, 7) is 0. The minimum absolute atomic E-state index is 0.653. The topological polar surface area (TPSA) is 51.8 Å². The molecule has 1 aliphatic carbocycles. The van der Waals surface area contributed by atoms with E-state index in [-0.39, 0.29) is 0 Å². The highest BCUT2D eigenvalue weighted by Crippen LogP contribution is 2.28. The molecule has 18 heavy (non-hydrogen) atoms. The Kier molecular flexibility index (Phi) is 2.92. The van der Waals surface area contributed by atoms with Crippen molar-refractivity contribution < 1.29 is 0 Å². The smallest absolute Gasteiger partial charge is 0.161 e. The average Bonchev–Trinajstić information content (AvgIpc) is 2.41. The molecule has 3 rings (SSSR count). The lowest BCUT2D eigenvalue weighted by molar-refractivity contribution is 0.663. The van der Waals surface area contributed by atoms with Crippen molar-refractivity contribution >= 4 is 17.3 Å². The zero-order valence-corrected chi connectivity index (χ0v) is 10.7. The summed E-state index contributed by atoms with van der Waals surface area (Å²) in [4.78, 5) is 9.05. The second-order valence-electron chi connectivity index (χ2n) is 4.60. The van der Waals surface area contributed by atoms with Crippen LogP contribution in [0, 0.1) is 0 Å². The number of nitrogens with two attached hydrogens (primary N) is 1. The SMILES string of the molecule is Nc1ccc(Cl)cc1-c1ncc2c(n1)CCCC2. The zero-order valence-electron chi connectivity index (χ0n) is 9.99. The lowest BCUT2D eigenvalue weighted by Crippen LogP contribution is -2.07. The maximum Gasteiger partial charge on any atom is 0.161 e. The minimum Gasteiger partial charge on any atom is -0.398 e. The Balaban J connectivity index is 2.09. The molecular formula is C14H14ClN3. The summed E-state index contributed by atoms with van der Waals surface area (Å²) in [5.74, 6) is 0.677. The highest BCUT2D eigenvalue weighted by molar-refractivity contribution is 6.31. The number of anilines is 1. The van der Waals surface area contributed by atoms with Crippen LogP contribution in [0.15, 0.2) is 24.4 Å². The number of nitrogen functional groups attached to an aromatic ring is 1. The van der Waals surface area contributed by atoms with Gasteiger partial charge in [-0.05, 0) is 49.4 Å². The first kappa shape index (κ1) is 11.5. The normalized spacial score (nSPS) is 14.3. The number of rotatable bonds is 1.